The molecule has 3 aromatic carbocycles. The van der Waals surface area contributed by atoms with Crippen LogP contribution in [-0.2, 0) is 12.7 Å². The van der Waals surface area contributed by atoms with Gasteiger partial charge in [-0.2, -0.15) is 13.2 Å². The second-order valence-electron chi connectivity index (χ2n) is 9.15. The maximum atomic E-state index is 14.2. The molecule has 0 spiro atoms. The topological polar surface area (TPSA) is 23.6 Å². The number of amides is 1. The van der Waals surface area contributed by atoms with Crippen LogP contribution in [0.3, 0.4) is 0 Å². The molecule has 1 fully saturated rings. The molecule has 0 bridgehead atoms. The van der Waals surface area contributed by atoms with Crippen LogP contribution in [0.4, 0.5) is 17.6 Å². The van der Waals surface area contributed by atoms with E-state index in [-0.39, 0.29) is 24.4 Å². The second-order valence-corrected chi connectivity index (χ2v) is 9.97. The van der Waals surface area contributed by atoms with E-state index in [0.29, 0.717) is 34.3 Å². The van der Waals surface area contributed by atoms with E-state index in [9.17, 15) is 22.4 Å². The van der Waals surface area contributed by atoms with E-state index in [1.54, 1.807) is 23.1 Å². The van der Waals surface area contributed by atoms with Gasteiger partial charge in [0.25, 0.3) is 5.91 Å². The molecular formula is C27H24Cl2F4N2O. The van der Waals surface area contributed by atoms with Gasteiger partial charge in [-0.3, -0.25) is 9.69 Å². The Morgan fingerprint density at radius 2 is 1.78 bits per heavy atom. The summed E-state index contributed by atoms with van der Waals surface area (Å²) >= 11 is 12.4. The molecule has 3 nitrogen and oxygen atoms in total. The second kappa shape index (κ2) is 10.4. The highest BCUT2D eigenvalue weighted by molar-refractivity contribution is 6.42. The summed E-state index contributed by atoms with van der Waals surface area (Å²) in [4.78, 5) is 17.0. The quantitative estimate of drug-likeness (QED) is 0.320. The predicted octanol–water partition coefficient (Wildman–Crippen LogP) is 7.20. The lowest BCUT2D eigenvalue weighted by Gasteiger charge is -2.29. The van der Waals surface area contributed by atoms with E-state index >= 15 is 0 Å². The Kier molecular flexibility index (Phi) is 7.64. The van der Waals surface area contributed by atoms with Crippen molar-refractivity contribution < 1.29 is 22.4 Å². The lowest BCUT2D eigenvalue weighted by molar-refractivity contribution is -0.140. The van der Waals surface area contributed by atoms with Crippen molar-refractivity contribution in [3.63, 3.8) is 0 Å². The van der Waals surface area contributed by atoms with Crippen molar-refractivity contribution in [1.82, 2.24) is 9.80 Å². The van der Waals surface area contributed by atoms with E-state index in [1.165, 1.54) is 6.07 Å². The van der Waals surface area contributed by atoms with E-state index in [1.807, 2.05) is 43.1 Å². The van der Waals surface area contributed by atoms with Crippen LogP contribution in [0, 0.1) is 12.7 Å². The summed E-state index contributed by atoms with van der Waals surface area (Å²) in [7, 11) is 1.81. The molecule has 1 aliphatic rings. The summed E-state index contributed by atoms with van der Waals surface area (Å²) in [5.41, 5.74) is 1.55. The molecule has 0 unspecified atom stereocenters. The number of hydrogen-bond acceptors (Lipinski definition) is 2. The molecule has 0 aromatic heterocycles. The maximum Gasteiger partial charge on any atom is 0.419 e. The monoisotopic (exact) mass is 538 g/mol. The van der Waals surface area contributed by atoms with Gasteiger partial charge in [-0.25, -0.2) is 4.39 Å². The zero-order valence-electron chi connectivity index (χ0n) is 19.6. The van der Waals surface area contributed by atoms with Crippen LogP contribution in [0.1, 0.15) is 38.5 Å². The fraction of sp³-hybridized carbons (Fsp3) is 0.296. The van der Waals surface area contributed by atoms with Gasteiger partial charge in [0, 0.05) is 37.2 Å². The molecule has 3 aromatic rings. The molecule has 1 heterocycles. The van der Waals surface area contributed by atoms with Gasteiger partial charge in [0.2, 0.25) is 0 Å². The summed E-state index contributed by atoms with van der Waals surface area (Å²) in [5, 5.41) is 0.806. The molecule has 0 radical (unpaired) electrons. The maximum absolute atomic E-state index is 14.2. The number of benzene rings is 3. The number of aryl methyl sites for hydroxylation is 1. The highest BCUT2D eigenvalue weighted by atomic mass is 35.5. The SMILES string of the molecule is Cc1cccc(C(=O)N2C[C@H](c3ccc(Cl)c(Cl)c3)[C@H](N(C)Cc3ccc(C(F)(F)F)c(F)c3)C2)c1. The highest BCUT2D eigenvalue weighted by Crippen LogP contribution is 2.36. The normalized spacial score (nSPS) is 18.2. The molecule has 0 saturated carbocycles. The molecule has 36 heavy (non-hydrogen) atoms. The molecule has 0 N–H and O–H groups in total. The van der Waals surface area contributed by atoms with Crippen LogP contribution in [0.25, 0.3) is 0 Å². The number of rotatable bonds is 5. The first-order valence-electron chi connectivity index (χ1n) is 11.3. The van der Waals surface area contributed by atoms with Crippen LogP contribution >= 0.6 is 23.2 Å². The fourth-order valence-electron chi connectivity index (χ4n) is 4.72. The fourth-order valence-corrected chi connectivity index (χ4v) is 5.03. The summed E-state index contributed by atoms with van der Waals surface area (Å²) in [6.45, 7) is 2.92. The van der Waals surface area contributed by atoms with Gasteiger partial charge in [-0.15, -0.1) is 0 Å². The molecule has 1 saturated heterocycles. The van der Waals surface area contributed by atoms with Gasteiger partial charge >= 0.3 is 6.18 Å². The van der Waals surface area contributed by atoms with Gasteiger partial charge < -0.3 is 4.90 Å². The standard InChI is InChI=1S/C27H24Cl2F4N2O/c1-16-4-3-5-19(10-16)26(36)35-14-20(18-7-9-22(28)23(29)12-18)25(15-35)34(2)13-17-6-8-21(24(30)11-17)27(31,32)33/h3-12,20,25H,13-15H2,1-2H3/t20-,25-/m1/s1. The third-order valence-corrected chi connectivity index (χ3v) is 7.29. The molecule has 4 rings (SSSR count). The number of likely N-dealkylation sites (tertiary alicyclic amines) is 1. The summed E-state index contributed by atoms with van der Waals surface area (Å²) < 4.78 is 53.1. The molecule has 9 heteroatoms. The van der Waals surface area contributed by atoms with Crippen molar-refractivity contribution in [2.75, 3.05) is 20.1 Å². The number of alkyl halides is 3. The Morgan fingerprint density at radius 1 is 1.03 bits per heavy atom. The van der Waals surface area contributed by atoms with Crippen LogP contribution in [0.2, 0.25) is 10.0 Å². The van der Waals surface area contributed by atoms with E-state index in [4.69, 9.17) is 23.2 Å². The molecule has 190 valence electrons. The predicted molar refractivity (Wildman–Crippen MR) is 133 cm³/mol. The van der Waals surface area contributed by atoms with E-state index in [2.05, 4.69) is 0 Å². The van der Waals surface area contributed by atoms with Crippen molar-refractivity contribution in [2.24, 2.45) is 0 Å². The number of carbonyl (C=O) groups excluding carboxylic acids is 1. The van der Waals surface area contributed by atoms with Crippen LogP contribution in [-0.4, -0.2) is 41.9 Å². The van der Waals surface area contributed by atoms with Crippen molar-refractivity contribution >= 4 is 29.1 Å². The van der Waals surface area contributed by atoms with Crippen LogP contribution in [0.5, 0.6) is 0 Å². The Bertz CT molecular complexity index is 1280. The zero-order valence-corrected chi connectivity index (χ0v) is 21.1. The van der Waals surface area contributed by atoms with Crippen LogP contribution in [0.15, 0.2) is 60.7 Å². The largest absolute Gasteiger partial charge is 0.419 e. The minimum atomic E-state index is -4.75. The minimum absolute atomic E-state index is 0.111. The Hall–Kier alpha value is -2.61. The highest BCUT2D eigenvalue weighted by Gasteiger charge is 2.39. The van der Waals surface area contributed by atoms with Gasteiger partial charge in [-0.05, 0) is 61.5 Å². The van der Waals surface area contributed by atoms with Crippen molar-refractivity contribution in [2.45, 2.75) is 31.6 Å². The number of halogens is 6. The Balaban J connectivity index is 1.61. The molecule has 1 aliphatic heterocycles. The summed E-state index contributed by atoms with van der Waals surface area (Å²) in [5.74, 6) is -1.56. The molecule has 0 aliphatic carbocycles. The number of carbonyl (C=O) groups is 1. The lowest BCUT2D eigenvalue weighted by Crippen LogP contribution is -2.38. The average molecular weight is 539 g/mol. The van der Waals surface area contributed by atoms with Crippen LogP contribution < -0.4 is 0 Å². The molecule has 1 amide bonds. The van der Waals surface area contributed by atoms with Gasteiger partial charge in [0.05, 0.1) is 15.6 Å². The number of nitrogens with zero attached hydrogens (tertiary/aromatic N) is 2. The van der Waals surface area contributed by atoms with Gasteiger partial charge in [-0.1, -0.05) is 53.0 Å². The van der Waals surface area contributed by atoms with E-state index < -0.39 is 17.6 Å². The smallest absolute Gasteiger partial charge is 0.336 e. The molecular weight excluding hydrogens is 515 g/mol. The minimum Gasteiger partial charge on any atom is -0.336 e. The van der Waals surface area contributed by atoms with Crippen molar-refractivity contribution in [3.05, 3.63) is 104 Å². The first kappa shape index (κ1) is 26.5. The van der Waals surface area contributed by atoms with E-state index in [0.717, 1.165) is 23.3 Å². The third-order valence-electron chi connectivity index (χ3n) is 6.55. The Morgan fingerprint density at radius 3 is 2.42 bits per heavy atom. The summed E-state index contributed by atoms with van der Waals surface area (Å²) in [6, 6.07) is 15.4. The first-order chi connectivity index (χ1) is 16.9. The number of likely N-dealkylation sites (N-methyl/N-ethyl adjacent to an activating group) is 1. The Labute approximate surface area is 217 Å². The average Bonchev–Trinajstić information content (AvgIpc) is 3.25. The number of hydrogen-bond donors (Lipinski definition) is 0. The van der Waals surface area contributed by atoms with Crippen molar-refractivity contribution in [1.29, 1.82) is 0 Å². The van der Waals surface area contributed by atoms with Crippen molar-refractivity contribution in [3.8, 4) is 0 Å². The van der Waals surface area contributed by atoms with Gasteiger partial charge in [0.15, 0.2) is 0 Å². The summed E-state index contributed by atoms with van der Waals surface area (Å²) in [6.07, 6.45) is -4.75. The third kappa shape index (κ3) is 5.69. The van der Waals surface area contributed by atoms with Gasteiger partial charge in [0.1, 0.15) is 5.82 Å². The zero-order chi connectivity index (χ0) is 26.2. The first-order valence-corrected chi connectivity index (χ1v) is 12.1. The lowest BCUT2D eigenvalue weighted by atomic mass is 9.93. The molecule has 2 atom stereocenters.